The molecule has 5 nitrogen and oxygen atoms in total. The van der Waals surface area contributed by atoms with Crippen molar-refractivity contribution in [1.29, 1.82) is 0 Å². The fraction of sp³-hybridized carbons (Fsp3) is 0.259. The summed E-state index contributed by atoms with van der Waals surface area (Å²) in [5.74, 6) is 3.82. The first-order valence-electron chi connectivity index (χ1n) is 10.8. The van der Waals surface area contributed by atoms with Gasteiger partial charge in [0.1, 0.15) is 6.61 Å². The van der Waals surface area contributed by atoms with Gasteiger partial charge in [-0.05, 0) is 43.4 Å². The molecule has 5 heteroatoms. The normalized spacial score (nSPS) is 18.2. The van der Waals surface area contributed by atoms with E-state index in [1.165, 1.54) is 0 Å². The van der Waals surface area contributed by atoms with Gasteiger partial charge in [-0.2, -0.15) is 0 Å². The lowest BCUT2D eigenvalue weighted by molar-refractivity contribution is -0.140. The summed E-state index contributed by atoms with van der Waals surface area (Å²) in [5.41, 5.74) is 3.30. The molecule has 4 rings (SSSR count). The van der Waals surface area contributed by atoms with Gasteiger partial charge in [0.2, 0.25) is 0 Å². The summed E-state index contributed by atoms with van der Waals surface area (Å²) in [6, 6.07) is 18.8. The van der Waals surface area contributed by atoms with Crippen molar-refractivity contribution < 1.29 is 19.4 Å². The van der Waals surface area contributed by atoms with Crippen LogP contribution in [0, 0.1) is 23.7 Å². The highest BCUT2D eigenvalue weighted by Crippen LogP contribution is 2.40. The molecule has 1 heterocycles. The molecule has 1 fully saturated rings. The first kappa shape index (κ1) is 21.5. The third-order valence-electron chi connectivity index (χ3n) is 5.90. The zero-order chi connectivity index (χ0) is 22.5. The van der Waals surface area contributed by atoms with Gasteiger partial charge in [0.15, 0.2) is 0 Å². The molecule has 32 heavy (non-hydrogen) atoms. The third-order valence-corrected chi connectivity index (χ3v) is 5.90. The van der Waals surface area contributed by atoms with Crippen molar-refractivity contribution in [3.63, 3.8) is 0 Å². The van der Waals surface area contributed by atoms with Crippen LogP contribution in [0.5, 0.6) is 0 Å². The predicted molar refractivity (Wildman–Crippen MR) is 121 cm³/mol. The van der Waals surface area contributed by atoms with Crippen LogP contribution < -0.4 is 5.32 Å². The Kier molecular flexibility index (Phi) is 6.42. The van der Waals surface area contributed by atoms with Crippen LogP contribution in [0.15, 0.2) is 83.2 Å². The average molecular weight is 428 g/mol. The van der Waals surface area contributed by atoms with E-state index in [0.717, 1.165) is 36.1 Å². The Morgan fingerprint density at radius 3 is 2.28 bits per heavy atom. The van der Waals surface area contributed by atoms with Crippen LogP contribution in [-0.2, 0) is 20.9 Å². The lowest BCUT2D eigenvalue weighted by Gasteiger charge is -2.35. The van der Waals surface area contributed by atoms with Crippen molar-refractivity contribution in [3.8, 4) is 11.8 Å². The van der Waals surface area contributed by atoms with Crippen molar-refractivity contribution in [1.82, 2.24) is 5.32 Å². The smallest absolute Gasteiger partial charge is 0.337 e. The molecule has 2 N–H and O–H groups in total. The largest absolute Gasteiger partial charge is 0.478 e. The fourth-order valence-electron chi connectivity index (χ4n) is 4.01. The summed E-state index contributed by atoms with van der Waals surface area (Å²) < 4.78 is 5.64. The minimum absolute atomic E-state index is 0.0863. The number of carboxylic acid groups (broad SMARTS) is 1. The van der Waals surface area contributed by atoms with Crippen LogP contribution in [0.1, 0.15) is 37.3 Å². The minimum atomic E-state index is -1.09. The maximum atomic E-state index is 13.3. The van der Waals surface area contributed by atoms with E-state index in [2.05, 4.69) is 17.2 Å². The van der Waals surface area contributed by atoms with Gasteiger partial charge in [0.25, 0.3) is 0 Å². The molecular formula is C27H25NO4. The van der Waals surface area contributed by atoms with Crippen molar-refractivity contribution >= 4 is 11.9 Å². The molecule has 0 bridgehead atoms. The average Bonchev–Trinajstić information content (AvgIpc) is 2.76. The Bertz CT molecular complexity index is 1130. The van der Waals surface area contributed by atoms with E-state index >= 15 is 0 Å². The van der Waals surface area contributed by atoms with Crippen molar-refractivity contribution in [2.75, 3.05) is 0 Å². The fourth-order valence-corrected chi connectivity index (χ4v) is 4.01. The maximum Gasteiger partial charge on any atom is 0.337 e. The number of dihydropyridines is 1. The lowest BCUT2D eigenvalue weighted by atomic mass is 9.75. The van der Waals surface area contributed by atoms with Gasteiger partial charge in [-0.1, -0.05) is 66.8 Å². The Hall–Kier alpha value is -3.78. The predicted octanol–water partition coefficient (Wildman–Crippen LogP) is 4.41. The van der Waals surface area contributed by atoms with E-state index in [1.807, 2.05) is 60.7 Å². The van der Waals surface area contributed by atoms with Gasteiger partial charge in [-0.15, -0.1) is 0 Å². The molecule has 1 unspecified atom stereocenters. The first-order valence-corrected chi connectivity index (χ1v) is 10.8. The van der Waals surface area contributed by atoms with Crippen molar-refractivity contribution in [2.24, 2.45) is 11.8 Å². The van der Waals surface area contributed by atoms with Crippen LogP contribution in [0.3, 0.4) is 0 Å². The number of aliphatic carboxylic acids is 1. The summed E-state index contributed by atoms with van der Waals surface area (Å²) in [6.07, 6.45) is 2.98. The molecule has 2 aromatic carbocycles. The number of carbonyl (C=O) groups is 2. The van der Waals surface area contributed by atoms with Crippen molar-refractivity contribution in [3.05, 3.63) is 94.3 Å². The van der Waals surface area contributed by atoms with Gasteiger partial charge in [-0.25, -0.2) is 9.59 Å². The number of allylic oxidation sites excluding steroid dienone is 2. The topological polar surface area (TPSA) is 75.6 Å². The van der Waals surface area contributed by atoms with Crippen LogP contribution in [0.4, 0.5) is 0 Å². The van der Waals surface area contributed by atoms with Gasteiger partial charge in [-0.3, -0.25) is 0 Å². The molecule has 1 saturated carbocycles. The molecule has 162 valence electrons. The molecule has 2 aromatic rings. The number of benzene rings is 2. The van der Waals surface area contributed by atoms with E-state index in [4.69, 9.17) is 4.74 Å². The van der Waals surface area contributed by atoms with Crippen LogP contribution in [0.2, 0.25) is 0 Å². The van der Waals surface area contributed by atoms with Crippen LogP contribution in [0.25, 0.3) is 0 Å². The van der Waals surface area contributed by atoms with Crippen LogP contribution >= 0.6 is 0 Å². The first-order chi connectivity index (χ1) is 15.5. The summed E-state index contributed by atoms with van der Waals surface area (Å²) in [5, 5.41) is 13.2. The van der Waals surface area contributed by atoms with E-state index in [1.54, 1.807) is 6.92 Å². The van der Waals surface area contributed by atoms with Gasteiger partial charge < -0.3 is 15.2 Å². The number of carboxylic acids is 1. The maximum absolute atomic E-state index is 13.3. The van der Waals surface area contributed by atoms with Crippen molar-refractivity contribution in [2.45, 2.75) is 32.8 Å². The molecule has 1 aliphatic heterocycles. The molecule has 1 aliphatic carbocycles. The number of hydrogen-bond donors (Lipinski definition) is 2. The standard InChI is InChI=1S/C27H25NO4/c1-18-23(26(29)30)22(16-15-19-9-4-2-5-10-19)24(25(28-18)21-13-8-14-21)27(31)32-17-20-11-6-3-7-12-20/h2-7,9-12,21-22,28H,8,13-14,17H2,1H3,(H,29,30). The molecule has 1 atom stereocenters. The number of rotatable bonds is 5. The summed E-state index contributed by atoms with van der Waals surface area (Å²) in [4.78, 5) is 25.5. The minimum Gasteiger partial charge on any atom is -0.478 e. The van der Waals surface area contributed by atoms with E-state index in [9.17, 15) is 14.7 Å². The summed E-state index contributed by atoms with van der Waals surface area (Å²) >= 11 is 0. The van der Waals surface area contributed by atoms with E-state index < -0.39 is 17.9 Å². The molecule has 2 aliphatic rings. The summed E-state index contributed by atoms with van der Waals surface area (Å²) in [6.45, 7) is 1.84. The Morgan fingerprint density at radius 2 is 1.69 bits per heavy atom. The van der Waals surface area contributed by atoms with E-state index in [-0.39, 0.29) is 18.1 Å². The van der Waals surface area contributed by atoms with Gasteiger partial charge in [0, 0.05) is 17.0 Å². The number of carbonyl (C=O) groups excluding carboxylic acids is 1. The highest BCUT2D eigenvalue weighted by molar-refractivity contribution is 5.98. The quantitative estimate of drug-likeness (QED) is 0.546. The highest BCUT2D eigenvalue weighted by Gasteiger charge is 2.39. The monoisotopic (exact) mass is 427 g/mol. The SMILES string of the molecule is CC1=C(C(=O)O)C(C#Cc2ccccc2)C(C(=O)OCc2ccccc2)=C(C2CCC2)N1. The second-order valence-corrected chi connectivity index (χ2v) is 8.05. The zero-order valence-corrected chi connectivity index (χ0v) is 17.9. The number of nitrogens with one attached hydrogen (secondary N) is 1. The van der Waals surface area contributed by atoms with Gasteiger partial charge in [0.05, 0.1) is 17.1 Å². The molecule has 0 spiro atoms. The second kappa shape index (κ2) is 9.57. The second-order valence-electron chi connectivity index (χ2n) is 8.05. The zero-order valence-electron chi connectivity index (χ0n) is 17.9. The van der Waals surface area contributed by atoms with Gasteiger partial charge >= 0.3 is 11.9 Å². The number of ether oxygens (including phenoxy) is 1. The number of esters is 1. The Labute approximate surface area is 187 Å². The highest BCUT2D eigenvalue weighted by atomic mass is 16.5. The molecule has 0 radical (unpaired) electrons. The third kappa shape index (κ3) is 4.60. The number of hydrogen-bond acceptors (Lipinski definition) is 4. The Morgan fingerprint density at radius 1 is 1.03 bits per heavy atom. The molecule has 0 amide bonds. The van der Waals surface area contributed by atoms with Crippen LogP contribution in [-0.4, -0.2) is 17.0 Å². The summed E-state index contributed by atoms with van der Waals surface area (Å²) in [7, 11) is 0. The van der Waals surface area contributed by atoms with E-state index in [0.29, 0.717) is 11.3 Å². The Balaban J connectivity index is 1.73. The molecule has 0 saturated heterocycles. The molecule has 0 aromatic heterocycles. The lowest BCUT2D eigenvalue weighted by Crippen LogP contribution is -2.37. The molecular weight excluding hydrogens is 402 g/mol.